The van der Waals surface area contributed by atoms with Gasteiger partial charge in [-0.1, -0.05) is 0 Å². The van der Waals surface area contributed by atoms with E-state index in [-0.39, 0.29) is 0 Å². The third-order valence-corrected chi connectivity index (χ3v) is 5.36. The second-order valence-electron chi connectivity index (χ2n) is 6.85. The van der Waals surface area contributed by atoms with E-state index in [1.54, 1.807) is 0 Å². The van der Waals surface area contributed by atoms with E-state index in [2.05, 4.69) is 34.6 Å². The molecule has 0 radical (unpaired) electrons. The van der Waals surface area contributed by atoms with Crippen molar-refractivity contribution in [1.82, 2.24) is 20.2 Å². The fourth-order valence-corrected chi connectivity index (χ4v) is 4.27. The summed E-state index contributed by atoms with van der Waals surface area (Å²) < 4.78 is 0. The van der Waals surface area contributed by atoms with Gasteiger partial charge in [-0.3, -0.25) is 0 Å². The van der Waals surface area contributed by atoms with E-state index in [1.807, 2.05) is 0 Å². The molecule has 2 atom stereocenters. The van der Waals surface area contributed by atoms with E-state index >= 15 is 0 Å². The lowest BCUT2D eigenvalue weighted by Gasteiger charge is -2.39. The van der Waals surface area contributed by atoms with Crippen LogP contribution in [0.3, 0.4) is 0 Å². The lowest BCUT2D eigenvalue weighted by Crippen LogP contribution is -2.53. The topological polar surface area (TPSA) is 44.3 Å². The van der Waals surface area contributed by atoms with Crippen LogP contribution < -0.4 is 10.2 Å². The Morgan fingerprint density at radius 1 is 1.00 bits per heavy atom. The van der Waals surface area contributed by atoms with Gasteiger partial charge < -0.3 is 15.1 Å². The van der Waals surface area contributed by atoms with Crippen LogP contribution in [0.25, 0.3) is 0 Å². The predicted molar refractivity (Wildman–Crippen MR) is 83.7 cm³/mol. The molecule has 5 nitrogen and oxygen atoms in total. The Kier molecular flexibility index (Phi) is 3.55. The number of nitrogens with zero attached hydrogens (tertiary/aromatic N) is 4. The van der Waals surface area contributed by atoms with E-state index in [0.717, 1.165) is 32.1 Å². The minimum Gasteiger partial charge on any atom is -0.332 e. The first-order chi connectivity index (χ1) is 10.3. The molecule has 3 aliphatic rings. The second-order valence-corrected chi connectivity index (χ2v) is 6.85. The maximum Gasteiger partial charge on any atom is 0.225 e. The average Bonchev–Trinajstić information content (AvgIpc) is 2.80. The third-order valence-electron chi connectivity index (χ3n) is 5.36. The number of nitrogens with one attached hydrogen (secondary N) is 1. The van der Waals surface area contributed by atoms with Crippen molar-refractivity contribution in [1.29, 1.82) is 0 Å². The van der Waals surface area contributed by atoms with Crippen LogP contribution in [-0.4, -0.2) is 60.2 Å². The van der Waals surface area contributed by atoms with Crippen LogP contribution in [0.15, 0.2) is 12.4 Å². The maximum atomic E-state index is 4.72. The standard InChI is InChI=1S/C16H25N5/c1-20-10-14-2-3-15(11-20)21(14)16-18-8-13(9-19-16)12-4-6-17-7-5-12/h8-9,12,14-15,17H,2-7,10-11H2,1H3. The van der Waals surface area contributed by atoms with Crippen molar-refractivity contribution in [3.8, 4) is 0 Å². The Balaban J connectivity index is 1.51. The molecule has 1 N–H and O–H groups in total. The van der Waals surface area contributed by atoms with E-state index in [9.17, 15) is 0 Å². The van der Waals surface area contributed by atoms with Crippen LogP contribution in [-0.2, 0) is 0 Å². The summed E-state index contributed by atoms with van der Waals surface area (Å²) in [5.41, 5.74) is 1.32. The fraction of sp³-hybridized carbons (Fsp3) is 0.750. The van der Waals surface area contributed by atoms with Gasteiger partial charge in [0.25, 0.3) is 0 Å². The summed E-state index contributed by atoms with van der Waals surface area (Å²) in [5.74, 6) is 1.60. The first-order valence-electron chi connectivity index (χ1n) is 8.31. The monoisotopic (exact) mass is 287 g/mol. The Bertz CT molecular complexity index is 468. The highest BCUT2D eigenvalue weighted by atomic mass is 15.4. The van der Waals surface area contributed by atoms with Crippen LogP contribution in [0, 0.1) is 0 Å². The van der Waals surface area contributed by atoms with Crippen molar-refractivity contribution in [2.24, 2.45) is 0 Å². The molecular formula is C16H25N5. The predicted octanol–water partition coefficient (Wildman–Crippen LogP) is 1.23. The van der Waals surface area contributed by atoms with Crippen molar-refractivity contribution >= 4 is 5.95 Å². The molecule has 5 heteroatoms. The molecule has 2 unspecified atom stereocenters. The van der Waals surface area contributed by atoms with Gasteiger partial charge in [0.05, 0.1) is 0 Å². The summed E-state index contributed by atoms with van der Waals surface area (Å²) in [4.78, 5) is 14.4. The smallest absolute Gasteiger partial charge is 0.225 e. The molecule has 4 heterocycles. The minimum atomic E-state index is 0.610. The number of hydrogen-bond acceptors (Lipinski definition) is 5. The van der Waals surface area contributed by atoms with Gasteiger partial charge in [-0.2, -0.15) is 0 Å². The van der Waals surface area contributed by atoms with Crippen molar-refractivity contribution < 1.29 is 0 Å². The first kappa shape index (κ1) is 13.5. The Hall–Kier alpha value is -1.20. The summed E-state index contributed by atoms with van der Waals surface area (Å²) in [5, 5.41) is 3.42. The summed E-state index contributed by atoms with van der Waals surface area (Å²) in [7, 11) is 2.23. The number of fused-ring (bicyclic) bond motifs is 2. The molecule has 1 aromatic rings. The molecule has 114 valence electrons. The summed E-state index contributed by atoms with van der Waals surface area (Å²) >= 11 is 0. The highest BCUT2D eigenvalue weighted by molar-refractivity contribution is 5.38. The molecular weight excluding hydrogens is 262 g/mol. The van der Waals surface area contributed by atoms with Crippen molar-refractivity contribution in [3.63, 3.8) is 0 Å². The van der Waals surface area contributed by atoms with Crippen LogP contribution in [0.4, 0.5) is 5.95 Å². The van der Waals surface area contributed by atoms with Crippen molar-refractivity contribution in [2.45, 2.75) is 43.7 Å². The highest BCUT2D eigenvalue weighted by Gasteiger charge is 2.40. The number of likely N-dealkylation sites (tertiary alicyclic amines) is 1. The van der Waals surface area contributed by atoms with Crippen molar-refractivity contribution in [3.05, 3.63) is 18.0 Å². The van der Waals surface area contributed by atoms with Crippen LogP contribution >= 0.6 is 0 Å². The summed E-state index contributed by atoms with van der Waals surface area (Å²) in [6, 6.07) is 1.22. The summed E-state index contributed by atoms with van der Waals surface area (Å²) in [6.07, 6.45) is 9.15. The van der Waals surface area contributed by atoms with E-state index < -0.39 is 0 Å². The molecule has 0 aromatic carbocycles. The number of likely N-dealkylation sites (N-methyl/N-ethyl adjacent to an activating group) is 1. The van der Waals surface area contributed by atoms with Crippen LogP contribution in [0.1, 0.15) is 37.2 Å². The van der Waals surface area contributed by atoms with Gasteiger partial charge in [0.2, 0.25) is 5.95 Å². The lowest BCUT2D eigenvalue weighted by atomic mass is 9.92. The van der Waals surface area contributed by atoms with Gasteiger partial charge in [0, 0.05) is 37.6 Å². The molecule has 3 aliphatic heterocycles. The van der Waals surface area contributed by atoms with Crippen LogP contribution in [0.2, 0.25) is 0 Å². The molecule has 21 heavy (non-hydrogen) atoms. The molecule has 0 aliphatic carbocycles. The van der Waals surface area contributed by atoms with Gasteiger partial charge >= 0.3 is 0 Å². The SMILES string of the molecule is CN1CC2CCC(C1)N2c1ncc(C2CCNCC2)cn1. The maximum absolute atomic E-state index is 4.72. The van der Waals surface area contributed by atoms with Gasteiger partial charge in [0.1, 0.15) is 0 Å². The van der Waals surface area contributed by atoms with Crippen LogP contribution in [0.5, 0.6) is 0 Å². The van der Waals surface area contributed by atoms with Crippen molar-refractivity contribution in [2.75, 3.05) is 38.1 Å². The Labute approximate surface area is 126 Å². The highest BCUT2D eigenvalue weighted by Crippen LogP contribution is 2.33. The zero-order valence-electron chi connectivity index (χ0n) is 12.8. The molecule has 4 rings (SSSR count). The third kappa shape index (κ3) is 2.53. The van der Waals surface area contributed by atoms with E-state index in [1.165, 1.54) is 31.2 Å². The molecule has 0 spiro atoms. The molecule has 0 saturated carbocycles. The zero-order chi connectivity index (χ0) is 14.2. The normalized spacial score (nSPS) is 30.8. The minimum absolute atomic E-state index is 0.610. The second kappa shape index (κ2) is 5.54. The zero-order valence-corrected chi connectivity index (χ0v) is 12.8. The number of hydrogen-bond donors (Lipinski definition) is 1. The van der Waals surface area contributed by atoms with Gasteiger partial charge in [-0.15, -0.1) is 0 Å². The number of rotatable bonds is 2. The fourth-order valence-electron chi connectivity index (χ4n) is 4.27. The first-order valence-corrected chi connectivity index (χ1v) is 8.31. The van der Waals surface area contributed by atoms with E-state index in [4.69, 9.17) is 9.97 Å². The number of aromatic nitrogens is 2. The molecule has 2 bridgehead atoms. The van der Waals surface area contributed by atoms with Gasteiger partial charge in [-0.25, -0.2) is 9.97 Å². The molecule has 1 aromatic heterocycles. The summed E-state index contributed by atoms with van der Waals surface area (Å²) in [6.45, 7) is 4.54. The van der Waals surface area contributed by atoms with Gasteiger partial charge in [-0.05, 0) is 57.3 Å². The largest absolute Gasteiger partial charge is 0.332 e. The number of piperidine rings is 1. The van der Waals surface area contributed by atoms with Gasteiger partial charge in [0.15, 0.2) is 0 Å². The molecule has 3 saturated heterocycles. The Morgan fingerprint density at radius 3 is 2.24 bits per heavy atom. The average molecular weight is 287 g/mol. The lowest BCUT2D eigenvalue weighted by molar-refractivity contribution is 0.262. The number of anilines is 1. The van der Waals surface area contributed by atoms with E-state index in [0.29, 0.717) is 18.0 Å². The Morgan fingerprint density at radius 2 is 1.62 bits per heavy atom. The molecule has 3 fully saturated rings. The quantitative estimate of drug-likeness (QED) is 0.886. The molecule has 0 amide bonds. The number of piperazine rings is 1.